The zero-order valence-electron chi connectivity index (χ0n) is 15.0. The van der Waals surface area contributed by atoms with Crippen molar-refractivity contribution in [2.24, 2.45) is 7.05 Å². The molecule has 0 aliphatic carbocycles. The summed E-state index contributed by atoms with van der Waals surface area (Å²) >= 11 is 0. The predicted octanol–water partition coefficient (Wildman–Crippen LogP) is 2.44. The highest BCUT2D eigenvalue weighted by molar-refractivity contribution is 5.89. The van der Waals surface area contributed by atoms with Gasteiger partial charge < -0.3 is 9.64 Å². The van der Waals surface area contributed by atoms with Crippen molar-refractivity contribution in [2.75, 3.05) is 38.2 Å². The number of aryl methyl sites for hydroxylation is 1. The van der Waals surface area contributed by atoms with E-state index >= 15 is 0 Å². The highest BCUT2D eigenvalue weighted by atomic mass is 19.1. The van der Waals surface area contributed by atoms with Crippen molar-refractivity contribution >= 4 is 16.7 Å². The largest absolute Gasteiger partial charge is 0.496 e. The SMILES string of the molecule is COc1ccc(F)cc1CN1CCN(c2ccnc3c2cnn3C)CC1. The van der Waals surface area contributed by atoms with Crippen LogP contribution < -0.4 is 9.64 Å². The Balaban J connectivity index is 1.47. The van der Waals surface area contributed by atoms with Crippen molar-refractivity contribution in [1.29, 1.82) is 0 Å². The summed E-state index contributed by atoms with van der Waals surface area (Å²) in [5, 5.41) is 5.40. The lowest BCUT2D eigenvalue weighted by Gasteiger charge is -2.36. The average Bonchev–Trinajstić information content (AvgIpc) is 3.04. The molecule has 0 spiro atoms. The van der Waals surface area contributed by atoms with Gasteiger partial charge in [-0.2, -0.15) is 5.10 Å². The van der Waals surface area contributed by atoms with Crippen LogP contribution in [0.5, 0.6) is 5.75 Å². The molecule has 1 aromatic carbocycles. The van der Waals surface area contributed by atoms with Gasteiger partial charge in [0.25, 0.3) is 0 Å². The number of ether oxygens (including phenoxy) is 1. The van der Waals surface area contributed by atoms with E-state index in [2.05, 4.69) is 25.9 Å². The molecule has 3 heterocycles. The maximum Gasteiger partial charge on any atom is 0.159 e. The Labute approximate surface area is 151 Å². The standard InChI is InChI=1S/C19H22FN5O/c1-23-19-16(12-22-23)17(5-6-21-19)25-9-7-24(8-10-25)13-14-11-15(20)3-4-18(14)26-2/h3-6,11-12H,7-10,13H2,1-2H3. The molecule has 7 heteroatoms. The normalized spacial score (nSPS) is 15.6. The Morgan fingerprint density at radius 2 is 1.96 bits per heavy atom. The molecular weight excluding hydrogens is 333 g/mol. The minimum Gasteiger partial charge on any atom is -0.496 e. The summed E-state index contributed by atoms with van der Waals surface area (Å²) in [6.07, 6.45) is 3.71. The lowest BCUT2D eigenvalue weighted by molar-refractivity contribution is 0.246. The molecule has 0 amide bonds. The van der Waals surface area contributed by atoms with Crippen molar-refractivity contribution < 1.29 is 9.13 Å². The molecule has 4 rings (SSSR count). The lowest BCUT2D eigenvalue weighted by Crippen LogP contribution is -2.46. The van der Waals surface area contributed by atoms with Gasteiger partial charge in [0.15, 0.2) is 5.65 Å². The van der Waals surface area contributed by atoms with E-state index in [1.807, 2.05) is 19.4 Å². The number of rotatable bonds is 4. The van der Waals surface area contributed by atoms with Crippen LogP contribution in [0.25, 0.3) is 11.0 Å². The topological polar surface area (TPSA) is 46.4 Å². The summed E-state index contributed by atoms with van der Waals surface area (Å²) in [6, 6.07) is 6.74. The zero-order valence-corrected chi connectivity index (χ0v) is 15.0. The van der Waals surface area contributed by atoms with Crippen LogP contribution >= 0.6 is 0 Å². The first-order valence-corrected chi connectivity index (χ1v) is 8.72. The molecule has 1 fully saturated rings. The van der Waals surface area contributed by atoms with Gasteiger partial charge in [-0.05, 0) is 24.3 Å². The van der Waals surface area contributed by atoms with Gasteiger partial charge in [-0.3, -0.25) is 9.58 Å². The van der Waals surface area contributed by atoms with Gasteiger partial charge in [0.2, 0.25) is 0 Å². The summed E-state index contributed by atoms with van der Waals surface area (Å²) in [5.74, 6) is 0.509. The van der Waals surface area contributed by atoms with Gasteiger partial charge in [0.1, 0.15) is 11.6 Å². The molecule has 26 heavy (non-hydrogen) atoms. The van der Waals surface area contributed by atoms with Crippen LogP contribution in [-0.2, 0) is 13.6 Å². The number of nitrogens with zero attached hydrogens (tertiary/aromatic N) is 5. The van der Waals surface area contributed by atoms with Crippen LogP contribution in [0.3, 0.4) is 0 Å². The van der Waals surface area contributed by atoms with Gasteiger partial charge in [-0.1, -0.05) is 0 Å². The van der Waals surface area contributed by atoms with Gasteiger partial charge >= 0.3 is 0 Å². The number of aromatic nitrogens is 3. The molecule has 1 aliphatic heterocycles. The number of anilines is 1. The summed E-state index contributed by atoms with van der Waals surface area (Å²) < 4.78 is 20.7. The van der Waals surface area contributed by atoms with Crippen molar-refractivity contribution in [3.63, 3.8) is 0 Å². The van der Waals surface area contributed by atoms with Crippen LogP contribution in [0.15, 0.2) is 36.7 Å². The second kappa shape index (κ2) is 6.92. The zero-order chi connectivity index (χ0) is 18.1. The maximum absolute atomic E-state index is 13.6. The number of pyridine rings is 1. The number of halogens is 1. The van der Waals surface area contributed by atoms with Crippen LogP contribution in [0.1, 0.15) is 5.56 Å². The van der Waals surface area contributed by atoms with Crippen LogP contribution in [0.4, 0.5) is 10.1 Å². The van der Waals surface area contributed by atoms with Gasteiger partial charge in [0.05, 0.1) is 24.4 Å². The molecule has 0 radical (unpaired) electrons. The van der Waals surface area contributed by atoms with Crippen LogP contribution in [0.2, 0.25) is 0 Å². The third-order valence-electron chi connectivity index (χ3n) is 4.96. The molecule has 0 unspecified atom stereocenters. The monoisotopic (exact) mass is 355 g/mol. The third kappa shape index (κ3) is 3.10. The van der Waals surface area contributed by atoms with Crippen molar-refractivity contribution in [2.45, 2.75) is 6.54 Å². The molecule has 0 bridgehead atoms. The smallest absolute Gasteiger partial charge is 0.159 e. The Bertz CT molecular complexity index is 917. The molecule has 1 aliphatic rings. The average molecular weight is 355 g/mol. The first-order chi connectivity index (χ1) is 12.7. The summed E-state index contributed by atoms with van der Waals surface area (Å²) in [7, 11) is 3.53. The van der Waals surface area contributed by atoms with E-state index in [4.69, 9.17) is 4.74 Å². The number of piperazine rings is 1. The third-order valence-corrected chi connectivity index (χ3v) is 4.96. The lowest BCUT2D eigenvalue weighted by atomic mass is 10.1. The maximum atomic E-state index is 13.6. The van der Waals surface area contributed by atoms with E-state index < -0.39 is 0 Å². The van der Waals surface area contributed by atoms with Gasteiger partial charge in [0, 0.05) is 51.5 Å². The summed E-state index contributed by atoms with van der Waals surface area (Å²) in [4.78, 5) is 9.10. The number of hydrogen-bond acceptors (Lipinski definition) is 5. The highest BCUT2D eigenvalue weighted by Gasteiger charge is 2.21. The molecule has 0 saturated carbocycles. The molecule has 136 valence electrons. The molecule has 1 saturated heterocycles. The van der Waals surface area contributed by atoms with Crippen molar-refractivity contribution in [3.05, 3.63) is 48.0 Å². The highest BCUT2D eigenvalue weighted by Crippen LogP contribution is 2.27. The fraction of sp³-hybridized carbons (Fsp3) is 0.368. The molecule has 0 atom stereocenters. The quantitative estimate of drug-likeness (QED) is 0.719. The van der Waals surface area contributed by atoms with Crippen molar-refractivity contribution in [1.82, 2.24) is 19.7 Å². The number of methoxy groups -OCH3 is 1. The Morgan fingerprint density at radius 3 is 2.73 bits per heavy atom. The van der Waals surface area contributed by atoms with Gasteiger partial charge in [-0.15, -0.1) is 0 Å². The molecule has 0 N–H and O–H groups in total. The van der Waals surface area contributed by atoms with E-state index in [1.54, 1.807) is 23.9 Å². The Hall–Kier alpha value is -2.67. The van der Waals surface area contributed by atoms with E-state index in [1.165, 1.54) is 11.8 Å². The number of fused-ring (bicyclic) bond motifs is 1. The minimum absolute atomic E-state index is 0.227. The van der Waals surface area contributed by atoms with Crippen molar-refractivity contribution in [3.8, 4) is 5.75 Å². The second-order valence-corrected chi connectivity index (χ2v) is 6.55. The number of benzene rings is 1. The second-order valence-electron chi connectivity index (χ2n) is 6.55. The fourth-order valence-corrected chi connectivity index (χ4v) is 3.57. The summed E-state index contributed by atoms with van der Waals surface area (Å²) in [6.45, 7) is 4.32. The van der Waals surface area contributed by atoms with Gasteiger partial charge in [-0.25, -0.2) is 9.37 Å². The summed E-state index contributed by atoms with van der Waals surface area (Å²) in [5.41, 5.74) is 2.96. The van der Waals surface area contributed by atoms with Crippen LogP contribution in [-0.4, -0.2) is 53.0 Å². The van der Waals surface area contributed by atoms with E-state index in [9.17, 15) is 4.39 Å². The molecular formula is C19H22FN5O. The predicted molar refractivity (Wildman–Crippen MR) is 99.0 cm³/mol. The molecule has 2 aromatic heterocycles. The Morgan fingerprint density at radius 1 is 1.15 bits per heavy atom. The first kappa shape index (κ1) is 16.8. The molecule has 6 nitrogen and oxygen atoms in total. The van der Waals surface area contributed by atoms with E-state index in [0.717, 1.165) is 48.5 Å². The Kier molecular flexibility index (Phi) is 4.46. The minimum atomic E-state index is -0.227. The van der Waals surface area contributed by atoms with E-state index in [0.29, 0.717) is 6.54 Å². The fourth-order valence-electron chi connectivity index (χ4n) is 3.57. The number of hydrogen-bond donors (Lipinski definition) is 0. The van der Waals surface area contributed by atoms with E-state index in [-0.39, 0.29) is 5.82 Å². The molecule has 3 aromatic rings. The first-order valence-electron chi connectivity index (χ1n) is 8.72. The van der Waals surface area contributed by atoms with Crippen LogP contribution in [0, 0.1) is 5.82 Å².